The van der Waals surface area contributed by atoms with Crippen LogP contribution in [-0.4, -0.2) is 34.3 Å². The lowest BCUT2D eigenvalue weighted by molar-refractivity contribution is 0.204. The largest absolute Gasteiger partial charge is 0.384 e. The van der Waals surface area contributed by atoms with Gasteiger partial charge in [-0.2, -0.15) is 11.8 Å². The first kappa shape index (κ1) is 14.7. The first-order valence-electron chi connectivity index (χ1n) is 6.47. The Morgan fingerprint density at radius 3 is 2.89 bits per heavy atom. The second-order valence-electron chi connectivity index (χ2n) is 5.01. The van der Waals surface area contributed by atoms with E-state index >= 15 is 0 Å². The van der Waals surface area contributed by atoms with Gasteiger partial charge in [0.15, 0.2) is 0 Å². The summed E-state index contributed by atoms with van der Waals surface area (Å²) in [6.45, 7) is 6.51. The molecular weight excluding hydrogens is 278 g/mol. The van der Waals surface area contributed by atoms with Crippen LogP contribution in [0.15, 0.2) is 18.2 Å². The van der Waals surface area contributed by atoms with Gasteiger partial charge in [-0.05, 0) is 18.6 Å². The summed E-state index contributed by atoms with van der Waals surface area (Å²) >= 11 is 8.32. The number of nitrogen functional groups attached to an aromatic ring is 1. The predicted octanol–water partition coefficient (Wildman–Crippen LogP) is 2.95. The minimum absolute atomic E-state index is 0.0600. The van der Waals surface area contributed by atoms with Crippen molar-refractivity contribution in [2.45, 2.75) is 31.7 Å². The normalized spacial score (nSPS) is 24.4. The quantitative estimate of drug-likeness (QED) is 0.666. The predicted molar refractivity (Wildman–Crippen MR) is 84.3 cm³/mol. The van der Waals surface area contributed by atoms with Gasteiger partial charge in [-0.15, -0.1) is 0 Å². The van der Waals surface area contributed by atoms with Gasteiger partial charge in [0, 0.05) is 40.7 Å². The molecule has 2 rings (SSSR count). The topological polar surface area (TPSA) is 53.1 Å². The van der Waals surface area contributed by atoms with Crippen LogP contribution in [0, 0.1) is 5.41 Å². The summed E-state index contributed by atoms with van der Waals surface area (Å²) in [5.41, 5.74) is 7.26. The maximum atomic E-state index is 7.42. The van der Waals surface area contributed by atoms with Crippen molar-refractivity contribution in [1.82, 2.24) is 4.90 Å². The average Bonchev–Trinajstić information content (AvgIpc) is 2.37. The number of nitrogens with two attached hydrogens (primary N) is 1. The Morgan fingerprint density at radius 1 is 1.53 bits per heavy atom. The number of halogens is 1. The van der Waals surface area contributed by atoms with Crippen molar-refractivity contribution in [2.75, 3.05) is 12.3 Å². The van der Waals surface area contributed by atoms with Gasteiger partial charge in [-0.25, -0.2) is 0 Å². The number of hydrogen-bond acceptors (Lipinski definition) is 3. The molecule has 5 heteroatoms. The van der Waals surface area contributed by atoms with Gasteiger partial charge in [0.05, 0.1) is 0 Å². The van der Waals surface area contributed by atoms with Gasteiger partial charge in [-0.3, -0.25) is 10.3 Å². The molecule has 19 heavy (non-hydrogen) atoms. The Balaban J connectivity index is 2.12. The fourth-order valence-electron chi connectivity index (χ4n) is 2.28. The van der Waals surface area contributed by atoms with E-state index in [9.17, 15) is 0 Å². The van der Waals surface area contributed by atoms with Crippen LogP contribution >= 0.6 is 23.4 Å². The lowest BCUT2D eigenvalue weighted by atomic mass is 10.1. The summed E-state index contributed by atoms with van der Waals surface area (Å²) in [4.78, 5) is 2.47. The molecule has 0 saturated carbocycles. The van der Waals surface area contributed by atoms with E-state index in [0.29, 0.717) is 21.9 Å². The second kappa shape index (κ2) is 6.16. The van der Waals surface area contributed by atoms with E-state index < -0.39 is 0 Å². The molecule has 0 bridgehead atoms. The third kappa shape index (κ3) is 3.44. The number of amidine groups is 1. The summed E-state index contributed by atoms with van der Waals surface area (Å²) in [5, 5.41) is 8.78. The lowest BCUT2D eigenvalue weighted by Crippen LogP contribution is -2.44. The number of thioether (sulfide) groups is 1. The van der Waals surface area contributed by atoms with Crippen molar-refractivity contribution in [2.24, 2.45) is 5.73 Å². The zero-order valence-corrected chi connectivity index (χ0v) is 12.9. The third-order valence-corrected chi connectivity index (χ3v) is 5.44. The van der Waals surface area contributed by atoms with E-state index in [1.165, 1.54) is 5.75 Å². The molecule has 1 aromatic carbocycles. The molecule has 0 aromatic heterocycles. The van der Waals surface area contributed by atoms with E-state index in [2.05, 4.69) is 18.7 Å². The van der Waals surface area contributed by atoms with Gasteiger partial charge in [-0.1, -0.05) is 30.7 Å². The molecule has 1 aliphatic heterocycles. The zero-order chi connectivity index (χ0) is 14.0. The molecule has 0 radical (unpaired) electrons. The molecule has 3 N–H and O–H groups in total. The molecule has 104 valence electrons. The van der Waals surface area contributed by atoms with E-state index in [1.807, 2.05) is 23.9 Å². The maximum Gasteiger partial charge on any atom is 0.122 e. The van der Waals surface area contributed by atoms with Crippen molar-refractivity contribution >= 4 is 29.2 Å². The van der Waals surface area contributed by atoms with Crippen LogP contribution in [0.1, 0.15) is 25.0 Å². The molecule has 0 aliphatic carbocycles. The standard InChI is InChI=1S/C14H20ClN3S/c1-9-10(2)19-6-5-18(9)8-12-4-3-11(14(16)17)7-13(12)15/h3-4,7,9-10H,5-6,8H2,1-2H3,(H3,16,17). The van der Waals surface area contributed by atoms with Crippen LogP contribution in [-0.2, 0) is 6.54 Å². The first-order valence-corrected chi connectivity index (χ1v) is 7.90. The van der Waals surface area contributed by atoms with E-state index in [1.54, 1.807) is 6.07 Å². The Hall–Kier alpha value is -0.710. The Morgan fingerprint density at radius 2 is 2.26 bits per heavy atom. The second-order valence-corrected chi connectivity index (χ2v) is 6.90. The van der Waals surface area contributed by atoms with Gasteiger partial charge >= 0.3 is 0 Å². The molecule has 2 atom stereocenters. The summed E-state index contributed by atoms with van der Waals surface area (Å²) in [6, 6.07) is 6.20. The average molecular weight is 298 g/mol. The molecule has 2 unspecified atom stereocenters. The van der Waals surface area contributed by atoms with Crippen molar-refractivity contribution in [3.63, 3.8) is 0 Å². The van der Waals surface area contributed by atoms with E-state index in [-0.39, 0.29) is 5.84 Å². The summed E-state index contributed by atoms with van der Waals surface area (Å²) in [5.74, 6) is 1.24. The smallest absolute Gasteiger partial charge is 0.122 e. The molecule has 0 amide bonds. The molecule has 0 spiro atoms. The number of nitrogens with one attached hydrogen (secondary N) is 1. The van der Waals surface area contributed by atoms with Gasteiger partial charge in [0.25, 0.3) is 0 Å². The number of hydrogen-bond donors (Lipinski definition) is 2. The highest BCUT2D eigenvalue weighted by atomic mass is 35.5. The monoisotopic (exact) mass is 297 g/mol. The summed E-state index contributed by atoms with van der Waals surface area (Å²) < 4.78 is 0. The Labute approximate surface area is 124 Å². The van der Waals surface area contributed by atoms with E-state index in [0.717, 1.165) is 18.7 Å². The molecule has 1 aliphatic rings. The molecular formula is C14H20ClN3S. The zero-order valence-electron chi connectivity index (χ0n) is 11.3. The minimum atomic E-state index is 0.0600. The van der Waals surface area contributed by atoms with Crippen molar-refractivity contribution in [3.05, 3.63) is 34.3 Å². The van der Waals surface area contributed by atoms with Crippen LogP contribution < -0.4 is 5.73 Å². The molecule has 1 fully saturated rings. The first-order chi connectivity index (χ1) is 8.99. The third-order valence-electron chi connectivity index (χ3n) is 3.75. The molecule has 1 heterocycles. The Kier molecular flexibility index (Phi) is 4.76. The van der Waals surface area contributed by atoms with Gasteiger partial charge < -0.3 is 5.73 Å². The number of rotatable bonds is 3. The highest BCUT2D eigenvalue weighted by Gasteiger charge is 2.25. The maximum absolute atomic E-state index is 7.42. The number of nitrogens with zero attached hydrogens (tertiary/aromatic N) is 1. The van der Waals surface area contributed by atoms with Crippen LogP contribution in [0.25, 0.3) is 0 Å². The molecule has 3 nitrogen and oxygen atoms in total. The van der Waals surface area contributed by atoms with Crippen LogP contribution in [0.4, 0.5) is 0 Å². The summed E-state index contributed by atoms with van der Waals surface area (Å²) in [6.07, 6.45) is 0. The van der Waals surface area contributed by atoms with Crippen molar-refractivity contribution in [3.8, 4) is 0 Å². The Bertz CT molecular complexity index is 478. The molecule has 1 aromatic rings. The fraction of sp³-hybridized carbons (Fsp3) is 0.500. The highest BCUT2D eigenvalue weighted by molar-refractivity contribution is 8.00. The lowest BCUT2D eigenvalue weighted by Gasteiger charge is -2.37. The van der Waals surface area contributed by atoms with Crippen molar-refractivity contribution in [1.29, 1.82) is 5.41 Å². The molecule has 1 saturated heterocycles. The van der Waals surface area contributed by atoms with Gasteiger partial charge in [0.1, 0.15) is 5.84 Å². The van der Waals surface area contributed by atoms with E-state index in [4.69, 9.17) is 22.7 Å². The summed E-state index contributed by atoms with van der Waals surface area (Å²) in [7, 11) is 0. The fourth-order valence-corrected chi connectivity index (χ4v) is 3.68. The number of benzene rings is 1. The van der Waals surface area contributed by atoms with Crippen LogP contribution in [0.2, 0.25) is 5.02 Å². The van der Waals surface area contributed by atoms with Gasteiger partial charge in [0.2, 0.25) is 0 Å². The van der Waals surface area contributed by atoms with Crippen molar-refractivity contribution < 1.29 is 0 Å². The highest BCUT2D eigenvalue weighted by Crippen LogP contribution is 2.27. The SMILES string of the molecule is CC1SCCN(Cc2ccc(C(=N)N)cc2Cl)C1C. The van der Waals surface area contributed by atoms with Crippen LogP contribution in [0.3, 0.4) is 0 Å². The van der Waals surface area contributed by atoms with Crippen LogP contribution in [0.5, 0.6) is 0 Å². The minimum Gasteiger partial charge on any atom is -0.384 e.